The summed E-state index contributed by atoms with van der Waals surface area (Å²) in [5, 5.41) is 3.34. The minimum Gasteiger partial charge on any atom is -0.350 e. The maximum atomic E-state index is 13.5. The highest BCUT2D eigenvalue weighted by molar-refractivity contribution is 7.92. The molecule has 0 aliphatic carbocycles. The molecule has 0 saturated heterocycles. The van der Waals surface area contributed by atoms with E-state index in [0.29, 0.717) is 16.3 Å². The lowest BCUT2D eigenvalue weighted by molar-refractivity contribution is -0.140. The number of carbonyl (C=O) groups excluding carboxylic acids is 2. The van der Waals surface area contributed by atoms with Crippen LogP contribution in [0, 0.1) is 0 Å². The number of hydrogen-bond donors (Lipinski definition) is 1. The third-order valence-corrected chi connectivity index (χ3v) is 6.79. The molecule has 0 aliphatic heterocycles. The standard InChI is InChI=1S/C25H34ClN3O4S/c1-7-19-12-14-21(15-13-19)29(34(6,32)33)17-23(30)28(16-20-10-8-9-11-22(20)26)18(2)24(31)27-25(3,4)5/h8-15,18H,7,16-17H2,1-6H3,(H,27,31)/t18-/m0/s1. The Morgan fingerprint density at radius 2 is 1.65 bits per heavy atom. The van der Waals surface area contributed by atoms with Crippen molar-refractivity contribution < 1.29 is 18.0 Å². The van der Waals surface area contributed by atoms with E-state index in [1.807, 2.05) is 39.8 Å². The van der Waals surface area contributed by atoms with E-state index in [0.717, 1.165) is 22.5 Å². The van der Waals surface area contributed by atoms with Gasteiger partial charge in [-0.25, -0.2) is 8.42 Å². The van der Waals surface area contributed by atoms with Crippen LogP contribution in [0.2, 0.25) is 5.02 Å². The van der Waals surface area contributed by atoms with Crippen LogP contribution in [-0.2, 0) is 32.6 Å². The predicted octanol–water partition coefficient (Wildman–Crippen LogP) is 4.00. The smallest absolute Gasteiger partial charge is 0.244 e. The van der Waals surface area contributed by atoms with Gasteiger partial charge in [0.2, 0.25) is 21.8 Å². The Bertz CT molecular complexity index is 1110. The molecule has 2 aromatic carbocycles. The second kappa shape index (κ2) is 11.2. The number of carbonyl (C=O) groups is 2. The van der Waals surface area contributed by atoms with Gasteiger partial charge >= 0.3 is 0 Å². The highest BCUT2D eigenvalue weighted by Crippen LogP contribution is 2.22. The number of nitrogens with one attached hydrogen (secondary N) is 1. The zero-order valence-corrected chi connectivity index (χ0v) is 22.2. The van der Waals surface area contributed by atoms with Crippen LogP contribution < -0.4 is 9.62 Å². The summed E-state index contributed by atoms with van der Waals surface area (Å²) in [6.45, 7) is 8.79. The fourth-order valence-electron chi connectivity index (χ4n) is 3.38. The first-order chi connectivity index (χ1) is 15.7. The molecule has 0 aromatic heterocycles. The molecule has 2 aromatic rings. The normalized spacial score (nSPS) is 12.7. The van der Waals surface area contributed by atoms with Crippen LogP contribution in [0.4, 0.5) is 5.69 Å². The molecule has 2 rings (SSSR count). The molecule has 0 bridgehead atoms. The van der Waals surface area contributed by atoms with Crippen molar-refractivity contribution in [2.45, 2.75) is 59.2 Å². The van der Waals surface area contributed by atoms with Gasteiger partial charge in [0, 0.05) is 17.1 Å². The molecule has 34 heavy (non-hydrogen) atoms. The third-order valence-electron chi connectivity index (χ3n) is 5.28. The maximum absolute atomic E-state index is 13.5. The third kappa shape index (κ3) is 7.74. The Kier molecular flexibility index (Phi) is 9.14. The Hall–Kier alpha value is -2.58. The summed E-state index contributed by atoms with van der Waals surface area (Å²) in [4.78, 5) is 27.8. The maximum Gasteiger partial charge on any atom is 0.244 e. The summed E-state index contributed by atoms with van der Waals surface area (Å²) in [6, 6.07) is 13.2. The first-order valence-electron chi connectivity index (χ1n) is 11.1. The lowest BCUT2D eigenvalue weighted by Gasteiger charge is -2.33. The molecule has 1 N–H and O–H groups in total. The lowest BCUT2D eigenvalue weighted by Crippen LogP contribution is -2.54. The van der Waals surface area contributed by atoms with Crippen LogP contribution in [0.15, 0.2) is 48.5 Å². The molecule has 2 amide bonds. The number of amides is 2. The van der Waals surface area contributed by atoms with Crippen molar-refractivity contribution in [2.24, 2.45) is 0 Å². The molecule has 0 spiro atoms. The lowest BCUT2D eigenvalue weighted by atomic mass is 10.1. The minimum absolute atomic E-state index is 0.0591. The number of hydrogen-bond acceptors (Lipinski definition) is 4. The second-order valence-electron chi connectivity index (χ2n) is 9.32. The number of halogens is 1. The first kappa shape index (κ1) is 27.7. The first-order valence-corrected chi connectivity index (χ1v) is 13.4. The van der Waals surface area contributed by atoms with E-state index >= 15 is 0 Å². The van der Waals surface area contributed by atoms with Crippen LogP contribution >= 0.6 is 11.6 Å². The van der Waals surface area contributed by atoms with Crippen molar-refractivity contribution in [1.82, 2.24) is 10.2 Å². The molecule has 7 nitrogen and oxygen atoms in total. The van der Waals surface area contributed by atoms with Crippen LogP contribution in [-0.4, -0.2) is 49.5 Å². The Labute approximate surface area is 208 Å². The zero-order valence-electron chi connectivity index (χ0n) is 20.6. The molecular weight excluding hydrogens is 474 g/mol. The SMILES string of the molecule is CCc1ccc(N(CC(=O)N(Cc2ccccc2Cl)[C@@H](C)C(=O)NC(C)(C)C)S(C)(=O)=O)cc1. The van der Waals surface area contributed by atoms with Crippen LogP contribution in [0.1, 0.15) is 45.7 Å². The van der Waals surface area contributed by atoms with Crippen molar-refractivity contribution in [3.63, 3.8) is 0 Å². The summed E-state index contributed by atoms with van der Waals surface area (Å²) in [7, 11) is -3.76. The number of aryl methyl sites for hydroxylation is 1. The van der Waals surface area contributed by atoms with Crippen molar-refractivity contribution in [1.29, 1.82) is 0 Å². The summed E-state index contributed by atoms with van der Waals surface area (Å²) in [6.07, 6.45) is 1.87. The second-order valence-corrected chi connectivity index (χ2v) is 11.6. The summed E-state index contributed by atoms with van der Waals surface area (Å²) in [5.74, 6) is -0.854. The number of nitrogens with zero attached hydrogens (tertiary/aromatic N) is 2. The zero-order chi connectivity index (χ0) is 25.7. The van der Waals surface area contributed by atoms with Crippen LogP contribution in [0.5, 0.6) is 0 Å². The van der Waals surface area contributed by atoms with Crippen molar-refractivity contribution in [3.05, 3.63) is 64.7 Å². The van der Waals surface area contributed by atoms with E-state index in [-0.39, 0.29) is 12.5 Å². The van der Waals surface area contributed by atoms with Gasteiger partial charge in [-0.3, -0.25) is 13.9 Å². The molecule has 0 fully saturated rings. The quantitative estimate of drug-likeness (QED) is 0.555. The number of benzene rings is 2. The van der Waals surface area contributed by atoms with E-state index in [2.05, 4.69) is 5.32 Å². The molecule has 0 radical (unpaired) electrons. The largest absolute Gasteiger partial charge is 0.350 e. The molecule has 0 unspecified atom stereocenters. The van der Waals surface area contributed by atoms with E-state index in [4.69, 9.17) is 11.6 Å². The number of rotatable bonds is 9. The highest BCUT2D eigenvalue weighted by atomic mass is 35.5. The van der Waals surface area contributed by atoms with Gasteiger partial charge < -0.3 is 10.2 Å². The van der Waals surface area contributed by atoms with Crippen molar-refractivity contribution in [3.8, 4) is 0 Å². The fraction of sp³-hybridized carbons (Fsp3) is 0.440. The van der Waals surface area contributed by atoms with E-state index in [1.54, 1.807) is 43.3 Å². The molecule has 1 atom stereocenters. The van der Waals surface area contributed by atoms with Gasteiger partial charge in [-0.05, 0) is 63.4 Å². The molecule has 0 saturated carbocycles. The van der Waals surface area contributed by atoms with Gasteiger partial charge in [-0.2, -0.15) is 0 Å². The van der Waals surface area contributed by atoms with Gasteiger partial charge in [-0.15, -0.1) is 0 Å². The molecule has 186 valence electrons. The van der Waals surface area contributed by atoms with Gasteiger partial charge in [0.25, 0.3) is 0 Å². The molecular formula is C25H34ClN3O4S. The monoisotopic (exact) mass is 507 g/mol. The highest BCUT2D eigenvalue weighted by Gasteiger charge is 2.31. The predicted molar refractivity (Wildman–Crippen MR) is 137 cm³/mol. The fourth-order valence-corrected chi connectivity index (χ4v) is 4.42. The average Bonchev–Trinajstić information content (AvgIpc) is 2.74. The van der Waals surface area contributed by atoms with Gasteiger partial charge in [0.05, 0.1) is 11.9 Å². The van der Waals surface area contributed by atoms with Crippen molar-refractivity contribution >= 4 is 39.1 Å². The summed E-state index contributed by atoms with van der Waals surface area (Å²) < 4.78 is 26.3. The molecule has 0 aliphatic rings. The van der Waals surface area contributed by atoms with E-state index < -0.39 is 34.1 Å². The van der Waals surface area contributed by atoms with Crippen LogP contribution in [0.3, 0.4) is 0 Å². The molecule has 0 heterocycles. The average molecular weight is 508 g/mol. The van der Waals surface area contributed by atoms with Gasteiger partial charge in [-0.1, -0.05) is 48.9 Å². The molecule has 9 heteroatoms. The van der Waals surface area contributed by atoms with Crippen LogP contribution in [0.25, 0.3) is 0 Å². The summed E-state index contributed by atoms with van der Waals surface area (Å²) >= 11 is 6.32. The Morgan fingerprint density at radius 3 is 2.15 bits per heavy atom. The van der Waals surface area contributed by atoms with Crippen molar-refractivity contribution in [2.75, 3.05) is 17.1 Å². The minimum atomic E-state index is -3.76. The Balaban J connectivity index is 2.41. The Morgan fingerprint density at radius 1 is 1.06 bits per heavy atom. The summed E-state index contributed by atoms with van der Waals surface area (Å²) in [5.41, 5.74) is 1.60. The van der Waals surface area contributed by atoms with E-state index in [1.165, 1.54) is 4.90 Å². The topological polar surface area (TPSA) is 86.8 Å². The van der Waals surface area contributed by atoms with Gasteiger partial charge in [0.15, 0.2) is 0 Å². The number of sulfonamides is 1. The van der Waals surface area contributed by atoms with E-state index in [9.17, 15) is 18.0 Å². The number of anilines is 1. The van der Waals surface area contributed by atoms with Gasteiger partial charge in [0.1, 0.15) is 12.6 Å².